The Morgan fingerprint density at radius 1 is 1.24 bits per heavy atom. The third-order valence-corrected chi connectivity index (χ3v) is 3.30. The molecule has 3 rings (SSSR count). The van der Waals surface area contributed by atoms with Gasteiger partial charge in [-0.15, -0.1) is 0 Å². The van der Waals surface area contributed by atoms with Gasteiger partial charge in [-0.1, -0.05) is 29.4 Å². The number of nitrogens with one attached hydrogen (secondary N) is 1. The second-order valence-corrected chi connectivity index (χ2v) is 4.75. The van der Waals surface area contributed by atoms with E-state index in [2.05, 4.69) is 20.4 Å². The number of hydrogen-bond acceptors (Lipinski definition) is 6. The standard InChI is InChI=1S/C15H16N4O2/c1-10-5-2-3-6-11(10)13-12-14(16-7-4-8-20)17-9-18-15(12)21-19-13/h2-3,5-6,9,20H,4,7-8H2,1H3,(H,16,17,18). The molecule has 0 aliphatic heterocycles. The highest BCUT2D eigenvalue weighted by Crippen LogP contribution is 2.32. The van der Waals surface area contributed by atoms with Crippen LogP contribution in [0.15, 0.2) is 35.1 Å². The molecule has 0 aliphatic rings. The third-order valence-electron chi connectivity index (χ3n) is 3.30. The van der Waals surface area contributed by atoms with E-state index in [1.807, 2.05) is 31.2 Å². The van der Waals surface area contributed by atoms with Crippen LogP contribution in [-0.4, -0.2) is 33.4 Å². The van der Waals surface area contributed by atoms with Crippen molar-refractivity contribution in [2.45, 2.75) is 13.3 Å². The molecule has 0 atom stereocenters. The van der Waals surface area contributed by atoms with Gasteiger partial charge in [-0.05, 0) is 18.9 Å². The largest absolute Gasteiger partial charge is 0.396 e. The first-order valence-corrected chi connectivity index (χ1v) is 6.82. The summed E-state index contributed by atoms with van der Waals surface area (Å²) in [5, 5.41) is 17.0. The van der Waals surface area contributed by atoms with Crippen molar-refractivity contribution in [3.8, 4) is 11.3 Å². The molecule has 0 aliphatic carbocycles. The number of hydrogen-bond donors (Lipinski definition) is 2. The average Bonchev–Trinajstić information content (AvgIpc) is 2.93. The number of benzene rings is 1. The SMILES string of the molecule is Cc1ccccc1-c1noc2ncnc(NCCCO)c12. The van der Waals surface area contributed by atoms with Crippen molar-refractivity contribution in [2.24, 2.45) is 0 Å². The summed E-state index contributed by atoms with van der Waals surface area (Å²) in [5.74, 6) is 0.674. The summed E-state index contributed by atoms with van der Waals surface area (Å²) in [5.41, 5.74) is 3.29. The highest BCUT2D eigenvalue weighted by molar-refractivity contribution is 5.98. The smallest absolute Gasteiger partial charge is 0.263 e. The Balaban J connectivity index is 2.09. The molecule has 0 spiro atoms. The van der Waals surface area contributed by atoms with Crippen LogP contribution in [0.2, 0.25) is 0 Å². The van der Waals surface area contributed by atoms with Crippen molar-refractivity contribution in [2.75, 3.05) is 18.5 Å². The quantitative estimate of drug-likeness (QED) is 0.700. The van der Waals surface area contributed by atoms with Crippen LogP contribution in [0.4, 0.5) is 5.82 Å². The van der Waals surface area contributed by atoms with Crippen molar-refractivity contribution in [1.29, 1.82) is 0 Å². The first-order chi connectivity index (χ1) is 10.3. The van der Waals surface area contributed by atoms with E-state index in [9.17, 15) is 0 Å². The summed E-state index contributed by atoms with van der Waals surface area (Å²) in [6.07, 6.45) is 2.09. The zero-order chi connectivity index (χ0) is 14.7. The summed E-state index contributed by atoms with van der Waals surface area (Å²) in [7, 11) is 0. The minimum Gasteiger partial charge on any atom is -0.396 e. The molecule has 0 radical (unpaired) electrons. The monoisotopic (exact) mass is 284 g/mol. The van der Waals surface area contributed by atoms with Gasteiger partial charge in [0.25, 0.3) is 5.71 Å². The minimum absolute atomic E-state index is 0.134. The zero-order valence-electron chi connectivity index (χ0n) is 11.7. The summed E-state index contributed by atoms with van der Waals surface area (Å²) in [4.78, 5) is 8.38. The number of rotatable bonds is 5. The maximum Gasteiger partial charge on any atom is 0.263 e. The summed E-state index contributed by atoms with van der Waals surface area (Å²) in [6.45, 7) is 2.79. The lowest BCUT2D eigenvalue weighted by Gasteiger charge is -2.06. The Labute approximate surface area is 121 Å². The predicted octanol–water partition coefficient (Wildman–Crippen LogP) is 2.39. The summed E-state index contributed by atoms with van der Waals surface area (Å²) < 4.78 is 5.31. The topological polar surface area (TPSA) is 84.1 Å². The van der Waals surface area contributed by atoms with Crippen LogP contribution in [0.3, 0.4) is 0 Å². The molecule has 0 saturated carbocycles. The van der Waals surface area contributed by atoms with Crippen molar-refractivity contribution >= 4 is 16.9 Å². The molecule has 0 saturated heterocycles. The molecule has 2 heterocycles. The first-order valence-electron chi connectivity index (χ1n) is 6.82. The molecule has 108 valence electrons. The van der Waals surface area contributed by atoms with Crippen LogP contribution in [-0.2, 0) is 0 Å². The highest BCUT2D eigenvalue weighted by atomic mass is 16.5. The van der Waals surface area contributed by atoms with Gasteiger partial charge in [0.2, 0.25) is 0 Å². The number of anilines is 1. The molecule has 21 heavy (non-hydrogen) atoms. The number of fused-ring (bicyclic) bond motifs is 1. The molecule has 0 bridgehead atoms. The Morgan fingerprint density at radius 2 is 2.10 bits per heavy atom. The normalized spacial score (nSPS) is 11.0. The number of aryl methyl sites for hydroxylation is 1. The molecule has 6 heteroatoms. The van der Waals surface area contributed by atoms with E-state index < -0.39 is 0 Å². The van der Waals surface area contributed by atoms with Gasteiger partial charge in [0.1, 0.15) is 23.2 Å². The number of nitrogens with zero attached hydrogens (tertiary/aromatic N) is 3. The van der Waals surface area contributed by atoms with Gasteiger partial charge in [0, 0.05) is 18.7 Å². The van der Waals surface area contributed by atoms with Gasteiger partial charge >= 0.3 is 0 Å². The van der Waals surface area contributed by atoms with Gasteiger partial charge < -0.3 is 14.9 Å². The van der Waals surface area contributed by atoms with E-state index in [-0.39, 0.29) is 6.61 Å². The maximum atomic E-state index is 8.88. The van der Waals surface area contributed by atoms with E-state index >= 15 is 0 Å². The molecule has 2 aromatic heterocycles. The number of aliphatic hydroxyl groups is 1. The van der Waals surface area contributed by atoms with Crippen LogP contribution < -0.4 is 5.32 Å². The second-order valence-electron chi connectivity index (χ2n) is 4.75. The number of aliphatic hydroxyl groups excluding tert-OH is 1. The second kappa shape index (κ2) is 5.88. The lowest BCUT2D eigenvalue weighted by atomic mass is 10.0. The molecular weight excluding hydrogens is 268 g/mol. The molecule has 6 nitrogen and oxygen atoms in total. The van der Waals surface area contributed by atoms with Crippen LogP contribution in [0.25, 0.3) is 22.4 Å². The van der Waals surface area contributed by atoms with Gasteiger partial charge in [0.05, 0.1) is 0 Å². The van der Waals surface area contributed by atoms with Gasteiger partial charge in [-0.2, -0.15) is 4.98 Å². The third kappa shape index (κ3) is 2.57. The highest BCUT2D eigenvalue weighted by Gasteiger charge is 2.17. The fourth-order valence-electron chi connectivity index (χ4n) is 2.23. The van der Waals surface area contributed by atoms with Crippen LogP contribution in [0.5, 0.6) is 0 Å². The van der Waals surface area contributed by atoms with Crippen LogP contribution >= 0.6 is 0 Å². The van der Waals surface area contributed by atoms with Crippen molar-refractivity contribution in [1.82, 2.24) is 15.1 Å². The molecule has 0 amide bonds. The van der Waals surface area contributed by atoms with E-state index in [1.54, 1.807) is 0 Å². The van der Waals surface area contributed by atoms with E-state index in [1.165, 1.54) is 6.33 Å². The average molecular weight is 284 g/mol. The molecule has 1 aromatic carbocycles. The van der Waals surface area contributed by atoms with Crippen molar-refractivity contribution in [3.05, 3.63) is 36.2 Å². The molecule has 0 fully saturated rings. The van der Waals surface area contributed by atoms with Crippen molar-refractivity contribution < 1.29 is 9.63 Å². The molecule has 3 aromatic rings. The Bertz CT molecular complexity index is 754. The van der Waals surface area contributed by atoms with Crippen molar-refractivity contribution in [3.63, 3.8) is 0 Å². The van der Waals surface area contributed by atoms with Gasteiger partial charge in [0.15, 0.2) is 0 Å². The lowest BCUT2D eigenvalue weighted by Crippen LogP contribution is -2.05. The zero-order valence-corrected chi connectivity index (χ0v) is 11.7. The first kappa shape index (κ1) is 13.5. The van der Waals surface area contributed by atoms with E-state index in [4.69, 9.17) is 9.63 Å². The number of aromatic nitrogens is 3. The van der Waals surface area contributed by atoms with Crippen LogP contribution in [0, 0.1) is 6.92 Å². The molecule has 0 unspecified atom stereocenters. The van der Waals surface area contributed by atoms with Gasteiger partial charge in [-0.25, -0.2) is 4.98 Å². The fraction of sp³-hybridized carbons (Fsp3) is 0.267. The van der Waals surface area contributed by atoms with E-state index in [0.29, 0.717) is 24.5 Å². The fourth-order valence-corrected chi connectivity index (χ4v) is 2.23. The summed E-state index contributed by atoms with van der Waals surface area (Å²) in [6, 6.07) is 7.97. The lowest BCUT2D eigenvalue weighted by molar-refractivity contribution is 0.292. The molecular formula is C15H16N4O2. The van der Waals surface area contributed by atoms with Gasteiger partial charge in [-0.3, -0.25) is 0 Å². The van der Waals surface area contributed by atoms with E-state index in [0.717, 1.165) is 22.2 Å². The Morgan fingerprint density at radius 3 is 2.90 bits per heavy atom. The predicted molar refractivity (Wildman–Crippen MR) is 80.0 cm³/mol. The maximum absolute atomic E-state index is 8.88. The minimum atomic E-state index is 0.134. The molecule has 2 N–H and O–H groups in total. The summed E-state index contributed by atoms with van der Waals surface area (Å²) >= 11 is 0. The van der Waals surface area contributed by atoms with Crippen LogP contribution in [0.1, 0.15) is 12.0 Å². The Hall–Kier alpha value is -2.47. The Kier molecular flexibility index (Phi) is 3.79.